The first kappa shape index (κ1) is 20.8. The lowest BCUT2D eigenvalue weighted by atomic mass is 10.0. The molecule has 1 unspecified atom stereocenters. The number of rotatable bonds is 6. The molecule has 5 nitrogen and oxygen atoms in total. The van der Waals surface area contributed by atoms with Gasteiger partial charge in [-0.15, -0.1) is 0 Å². The molecule has 1 heterocycles. The number of nitrogens with zero attached hydrogens (tertiary/aromatic N) is 1. The zero-order chi connectivity index (χ0) is 21.0. The van der Waals surface area contributed by atoms with Crippen molar-refractivity contribution in [3.05, 3.63) is 59.4 Å². The summed E-state index contributed by atoms with van der Waals surface area (Å²) in [5.41, 5.74) is 2.42. The number of carbonyl (C=O) groups is 2. The quantitative estimate of drug-likeness (QED) is 0.771. The fourth-order valence-corrected chi connectivity index (χ4v) is 3.56. The number of anilines is 2. The summed E-state index contributed by atoms with van der Waals surface area (Å²) in [6.45, 7) is 7.32. The predicted octanol–water partition coefficient (Wildman–Crippen LogP) is 4.13. The Hall–Kier alpha value is -2.89. The highest BCUT2D eigenvalue weighted by Crippen LogP contribution is 2.26. The van der Waals surface area contributed by atoms with Crippen LogP contribution in [0.15, 0.2) is 42.5 Å². The first-order chi connectivity index (χ1) is 13.8. The van der Waals surface area contributed by atoms with Crippen molar-refractivity contribution in [3.63, 3.8) is 0 Å². The van der Waals surface area contributed by atoms with Gasteiger partial charge in [0.1, 0.15) is 11.9 Å². The molecule has 2 N–H and O–H groups in total. The van der Waals surface area contributed by atoms with Crippen molar-refractivity contribution in [3.8, 4) is 0 Å². The molecule has 1 aliphatic rings. The molecule has 29 heavy (non-hydrogen) atoms. The minimum absolute atomic E-state index is 0.127. The zero-order valence-electron chi connectivity index (χ0n) is 17.2. The van der Waals surface area contributed by atoms with E-state index in [1.165, 1.54) is 6.07 Å². The molecule has 2 aromatic carbocycles. The van der Waals surface area contributed by atoms with Gasteiger partial charge < -0.3 is 15.5 Å². The van der Waals surface area contributed by atoms with Crippen molar-refractivity contribution in [1.82, 2.24) is 5.32 Å². The highest BCUT2D eigenvalue weighted by atomic mass is 19.1. The average molecular weight is 397 g/mol. The highest BCUT2D eigenvalue weighted by molar-refractivity contribution is 6.01. The van der Waals surface area contributed by atoms with Crippen LogP contribution in [0.1, 0.15) is 42.6 Å². The molecule has 0 radical (unpaired) electrons. The minimum Gasteiger partial charge on any atom is -0.369 e. The SMILES string of the molecule is Cc1cccc(C(=O)NC(C(=O)Nc2ccc(N3CCCC3)c(F)c2)C(C)C)c1. The van der Waals surface area contributed by atoms with Crippen LogP contribution in [0.3, 0.4) is 0 Å². The molecule has 1 saturated heterocycles. The lowest BCUT2D eigenvalue weighted by Crippen LogP contribution is -2.47. The average Bonchev–Trinajstić information content (AvgIpc) is 3.20. The van der Waals surface area contributed by atoms with E-state index in [9.17, 15) is 14.0 Å². The summed E-state index contributed by atoms with van der Waals surface area (Å²) in [7, 11) is 0. The Labute approximate surface area is 171 Å². The molecular formula is C23H28FN3O2. The maximum atomic E-state index is 14.5. The van der Waals surface area contributed by atoms with Crippen molar-refractivity contribution in [1.29, 1.82) is 0 Å². The Balaban J connectivity index is 1.69. The molecule has 6 heteroatoms. The Morgan fingerprint density at radius 1 is 1.07 bits per heavy atom. The summed E-state index contributed by atoms with van der Waals surface area (Å²) in [4.78, 5) is 27.4. The van der Waals surface area contributed by atoms with Gasteiger partial charge in [0.05, 0.1) is 5.69 Å². The van der Waals surface area contributed by atoms with E-state index in [4.69, 9.17) is 0 Å². The molecule has 1 aliphatic heterocycles. The fourth-order valence-electron chi connectivity index (χ4n) is 3.56. The number of hydrogen-bond acceptors (Lipinski definition) is 3. The van der Waals surface area contributed by atoms with Crippen LogP contribution in [0, 0.1) is 18.7 Å². The predicted molar refractivity (Wildman–Crippen MR) is 114 cm³/mol. The molecule has 2 aromatic rings. The lowest BCUT2D eigenvalue weighted by Gasteiger charge is -2.23. The van der Waals surface area contributed by atoms with Gasteiger partial charge in [0, 0.05) is 24.3 Å². The second kappa shape index (κ2) is 9.07. The molecule has 0 aromatic heterocycles. The summed E-state index contributed by atoms with van der Waals surface area (Å²) < 4.78 is 14.5. The Bertz CT molecular complexity index is 891. The summed E-state index contributed by atoms with van der Waals surface area (Å²) in [6.07, 6.45) is 2.13. The summed E-state index contributed by atoms with van der Waals surface area (Å²) in [6, 6.07) is 11.2. The third kappa shape index (κ3) is 5.13. The van der Waals surface area contributed by atoms with Crippen molar-refractivity contribution >= 4 is 23.2 Å². The maximum absolute atomic E-state index is 14.5. The van der Waals surface area contributed by atoms with Crippen molar-refractivity contribution < 1.29 is 14.0 Å². The van der Waals surface area contributed by atoms with Crippen LogP contribution in [0.2, 0.25) is 0 Å². The smallest absolute Gasteiger partial charge is 0.251 e. The van der Waals surface area contributed by atoms with Crippen LogP contribution in [0.5, 0.6) is 0 Å². The fraction of sp³-hybridized carbons (Fsp3) is 0.391. The zero-order valence-corrected chi connectivity index (χ0v) is 17.2. The molecule has 2 amide bonds. The highest BCUT2D eigenvalue weighted by Gasteiger charge is 2.25. The lowest BCUT2D eigenvalue weighted by molar-refractivity contribution is -0.118. The molecule has 1 atom stereocenters. The van der Waals surface area contributed by atoms with E-state index in [0.29, 0.717) is 16.9 Å². The van der Waals surface area contributed by atoms with Gasteiger partial charge >= 0.3 is 0 Å². The Morgan fingerprint density at radius 3 is 2.41 bits per heavy atom. The molecule has 0 spiro atoms. The molecule has 154 valence electrons. The summed E-state index contributed by atoms with van der Waals surface area (Å²) in [5, 5.41) is 5.54. The first-order valence-electron chi connectivity index (χ1n) is 10.1. The van der Waals surface area contributed by atoms with Crippen molar-refractivity contribution in [2.45, 2.75) is 39.7 Å². The third-order valence-corrected chi connectivity index (χ3v) is 5.18. The van der Waals surface area contributed by atoms with E-state index in [0.717, 1.165) is 31.5 Å². The molecule has 1 fully saturated rings. The van der Waals surface area contributed by atoms with Gasteiger partial charge in [-0.3, -0.25) is 9.59 Å². The van der Waals surface area contributed by atoms with E-state index in [1.807, 2.05) is 31.7 Å². The summed E-state index contributed by atoms with van der Waals surface area (Å²) in [5.74, 6) is -1.15. The molecular weight excluding hydrogens is 369 g/mol. The molecule has 0 bridgehead atoms. The van der Waals surface area contributed by atoms with E-state index >= 15 is 0 Å². The maximum Gasteiger partial charge on any atom is 0.251 e. The van der Waals surface area contributed by atoms with Crippen LogP contribution < -0.4 is 15.5 Å². The Morgan fingerprint density at radius 2 is 1.79 bits per heavy atom. The Kier molecular flexibility index (Phi) is 6.52. The van der Waals surface area contributed by atoms with Crippen molar-refractivity contribution in [2.24, 2.45) is 5.92 Å². The number of halogens is 1. The normalized spacial score (nSPS) is 14.7. The monoisotopic (exact) mass is 397 g/mol. The van der Waals surface area contributed by atoms with Crippen LogP contribution >= 0.6 is 0 Å². The van der Waals surface area contributed by atoms with Gasteiger partial charge in [-0.2, -0.15) is 0 Å². The van der Waals surface area contributed by atoms with Crippen LogP contribution in [-0.2, 0) is 4.79 Å². The standard InChI is InChI=1S/C23H28FN3O2/c1-15(2)21(26-22(28)17-8-6-7-16(3)13-17)23(29)25-18-9-10-20(19(24)14-18)27-11-4-5-12-27/h6-10,13-15,21H,4-5,11-12H2,1-3H3,(H,25,29)(H,26,28). The van der Waals surface area contributed by atoms with Gasteiger partial charge in [0.15, 0.2) is 0 Å². The second-order valence-corrected chi connectivity index (χ2v) is 7.91. The van der Waals surface area contributed by atoms with Gasteiger partial charge in [-0.1, -0.05) is 31.5 Å². The van der Waals surface area contributed by atoms with E-state index in [1.54, 1.807) is 30.3 Å². The number of amides is 2. The topological polar surface area (TPSA) is 61.4 Å². The van der Waals surface area contributed by atoms with Gasteiger partial charge in [-0.05, 0) is 56.0 Å². The number of aryl methyl sites for hydroxylation is 1. The number of benzene rings is 2. The van der Waals surface area contributed by atoms with Gasteiger partial charge in [0.2, 0.25) is 5.91 Å². The third-order valence-electron chi connectivity index (χ3n) is 5.18. The number of carbonyl (C=O) groups excluding carboxylic acids is 2. The van der Waals surface area contributed by atoms with Crippen molar-refractivity contribution in [2.75, 3.05) is 23.3 Å². The number of nitrogens with one attached hydrogen (secondary N) is 2. The molecule has 0 saturated carbocycles. The number of hydrogen-bond donors (Lipinski definition) is 2. The van der Waals surface area contributed by atoms with Crippen LogP contribution in [-0.4, -0.2) is 30.9 Å². The van der Waals surface area contributed by atoms with Gasteiger partial charge in [-0.25, -0.2) is 4.39 Å². The van der Waals surface area contributed by atoms with E-state index in [-0.39, 0.29) is 23.5 Å². The van der Waals surface area contributed by atoms with Gasteiger partial charge in [0.25, 0.3) is 5.91 Å². The second-order valence-electron chi connectivity index (χ2n) is 7.91. The molecule has 3 rings (SSSR count). The molecule has 0 aliphatic carbocycles. The van der Waals surface area contributed by atoms with E-state index in [2.05, 4.69) is 10.6 Å². The first-order valence-corrected chi connectivity index (χ1v) is 10.1. The minimum atomic E-state index is -0.732. The largest absolute Gasteiger partial charge is 0.369 e. The summed E-state index contributed by atoms with van der Waals surface area (Å²) >= 11 is 0. The van der Waals surface area contributed by atoms with Crippen LogP contribution in [0.25, 0.3) is 0 Å². The van der Waals surface area contributed by atoms with E-state index < -0.39 is 6.04 Å². The van der Waals surface area contributed by atoms with Crippen LogP contribution in [0.4, 0.5) is 15.8 Å².